The number of methoxy groups -OCH3 is 1. The van der Waals surface area contributed by atoms with Crippen molar-refractivity contribution in [3.05, 3.63) is 117 Å². The van der Waals surface area contributed by atoms with Crippen molar-refractivity contribution < 1.29 is 37.8 Å². The second-order valence-electron chi connectivity index (χ2n) is 19.2. The summed E-state index contributed by atoms with van der Waals surface area (Å²) in [4.78, 5) is 61.2. The highest BCUT2D eigenvalue weighted by Gasteiger charge is 2.46. The van der Waals surface area contributed by atoms with E-state index in [0.29, 0.717) is 48.0 Å². The van der Waals surface area contributed by atoms with Crippen molar-refractivity contribution in [2.24, 2.45) is 0 Å². The Hall–Kier alpha value is -5.26. The molecule has 0 bridgehead atoms. The second kappa shape index (κ2) is 19.4. The number of hydrogen-bond donors (Lipinski definition) is 3. The van der Waals surface area contributed by atoms with Crippen molar-refractivity contribution in [3.8, 4) is 17.1 Å². The van der Waals surface area contributed by atoms with E-state index in [9.17, 15) is 24.3 Å². The summed E-state index contributed by atoms with van der Waals surface area (Å²) < 4.78 is 28.2. The van der Waals surface area contributed by atoms with Gasteiger partial charge in [0, 0.05) is 82.4 Å². The molecule has 2 atom stereocenters. The van der Waals surface area contributed by atoms with Crippen LogP contribution in [0, 0.1) is 5.82 Å². The molecule has 5 heterocycles. The van der Waals surface area contributed by atoms with E-state index in [2.05, 4.69) is 55.6 Å². The van der Waals surface area contributed by atoms with E-state index in [0.717, 1.165) is 59.0 Å². The van der Waals surface area contributed by atoms with Gasteiger partial charge in [0.25, 0.3) is 5.56 Å². The number of fused-ring (bicyclic) bond motifs is 5. The van der Waals surface area contributed by atoms with Gasteiger partial charge in [0.15, 0.2) is 17.2 Å². The molecule has 8 rings (SSSR count). The first kappa shape index (κ1) is 48.2. The van der Waals surface area contributed by atoms with Crippen LogP contribution in [0.1, 0.15) is 87.6 Å². The molecule has 0 saturated carbocycles. The maximum Gasteiger partial charge on any atom is 0.343 e. The van der Waals surface area contributed by atoms with Crippen molar-refractivity contribution >= 4 is 56.0 Å². The number of carbonyl (C=O) groups is 3. The molecular formula is C51H60FN6O7S2+. The van der Waals surface area contributed by atoms with Crippen molar-refractivity contribution in [1.29, 1.82) is 0 Å². The molecule has 3 aliphatic heterocycles. The van der Waals surface area contributed by atoms with Gasteiger partial charge >= 0.3 is 5.97 Å². The highest BCUT2D eigenvalue weighted by atomic mass is 33.1. The Morgan fingerprint density at radius 3 is 2.46 bits per heavy atom. The lowest BCUT2D eigenvalue weighted by molar-refractivity contribution is -0.929. The minimum atomic E-state index is -1.96. The lowest BCUT2D eigenvalue weighted by Gasteiger charge is -2.43. The van der Waals surface area contributed by atoms with Crippen LogP contribution in [0.2, 0.25) is 0 Å². The largest absolute Gasteiger partial charge is 0.494 e. The Labute approximate surface area is 398 Å². The van der Waals surface area contributed by atoms with Crippen molar-refractivity contribution in [2.45, 2.75) is 113 Å². The fraction of sp³-hybridized carbons (Fsp3) is 0.431. The Balaban J connectivity index is 0.884. The highest BCUT2D eigenvalue weighted by molar-refractivity contribution is 8.77. The molecule has 67 heavy (non-hydrogen) atoms. The number of carbonyl (C=O) groups excluding carboxylic acids is 3. The molecule has 2 aromatic heterocycles. The number of quaternary nitrogens is 1. The van der Waals surface area contributed by atoms with Gasteiger partial charge in [-0.05, 0) is 75.6 Å². The van der Waals surface area contributed by atoms with Gasteiger partial charge in [0.05, 0.1) is 56.3 Å². The Bertz CT molecular complexity index is 2760. The van der Waals surface area contributed by atoms with Gasteiger partial charge in [-0.15, -0.1) is 0 Å². The van der Waals surface area contributed by atoms with Crippen LogP contribution in [0.15, 0.2) is 82.5 Å². The van der Waals surface area contributed by atoms with Crippen LogP contribution in [0.25, 0.3) is 22.3 Å². The molecule has 354 valence electrons. The molecule has 0 spiro atoms. The number of hydrogen-bond acceptors (Lipinski definition) is 11. The third-order valence-corrected chi connectivity index (χ3v) is 17.0. The summed E-state index contributed by atoms with van der Waals surface area (Å²) in [6, 6.07) is 22.5. The molecule has 0 radical (unpaired) electrons. The average molecular weight is 952 g/mol. The average Bonchev–Trinajstić information content (AvgIpc) is 3.68. The Morgan fingerprint density at radius 2 is 1.78 bits per heavy atom. The number of anilines is 1. The number of rotatable bonds is 16. The van der Waals surface area contributed by atoms with Crippen LogP contribution in [0.3, 0.4) is 0 Å². The van der Waals surface area contributed by atoms with Crippen LogP contribution in [-0.2, 0) is 51.0 Å². The number of likely N-dealkylation sites (tertiary alicyclic amines) is 1. The van der Waals surface area contributed by atoms with E-state index in [1.807, 2.05) is 42.5 Å². The number of nitrogens with zero attached hydrogens (tertiary/aromatic N) is 4. The molecule has 1 fully saturated rings. The minimum Gasteiger partial charge on any atom is -0.494 e. The Morgan fingerprint density at radius 1 is 1.06 bits per heavy atom. The van der Waals surface area contributed by atoms with Crippen LogP contribution in [-0.4, -0.2) is 92.9 Å². The molecule has 2 amide bonds. The smallest absolute Gasteiger partial charge is 0.343 e. The van der Waals surface area contributed by atoms with Gasteiger partial charge in [-0.2, -0.15) is 0 Å². The first-order valence-electron chi connectivity index (χ1n) is 22.9. The maximum absolute atomic E-state index is 15.2. The minimum absolute atomic E-state index is 0.0330. The number of aromatic nitrogens is 2. The number of benzene rings is 3. The number of piperidine rings is 1. The quantitative estimate of drug-likeness (QED) is 0.0493. The van der Waals surface area contributed by atoms with Gasteiger partial charge in [-0.25, -0.2) is 14.2 Å². The van der Waals surface area contributed by atoms with Gasteiger partial charge in [-0.1, -0.05) is 58.8 Å². The summed E-state index contributed by atoms with van der Waals surface area (Å²) in [7, 11) is 9.37. The third kappa shape index (κ3) is 10.1. The fourth-order valence-corrected chi connectivity index (χ4v) is 11.8. The normalized spacial score (nSPS) is 17.9. The van der Waals surface area contributed by atoms with E-state index >= 15 is 4.39 Å². The first-order chi connectivity index (χ1) is 31.9. The number of esters is 1. The molecular weight excluding hydrogens is 892 g/mol. The molecule has 1 saturated heterocycles. The highest BCUT2D eigenvalue weighted by Crippen LogP contribution is 2.44. The second-order valence-corrected chi connectivity index (χ2v) is 22.1. The summed E-state index contributed by atoms with van der Waals surface area (Å²) in [5.41, 5.74) is 3.19. The van der Waals surface area contributed by atoms with E-state index < -0.39 is 23.4 Å². The van der Waals surface area contributed by atoms with E-state index in [1.54, 1.807) is 52.1 Å². The molecule has 3 N–H and O–H groups in total. The topological polar surface area (TPSA) is 152 Å². The summed E-state index contributed by atoms with van der Waals surface area (Å²) in [6.07, 6.45) is 2.91. The Kier molecular flexibility index (Phi) is 13.9. The van der Waals surface area contributed by atoms with E-state index in [4.69, 9.17) is 14.5 Å². The number of cyclic esters (lactones) is 1. The number of ether oxygens (including phenoxy) is 2. The lowest BCUT2D eigenvalue weighted by Crippen LogP contribution is -2.53. The zero-order chi connectivity index (χ0) is 47.8. The number of aliphatic hydroxyl groups is 1. The fourth-order valence-electron chi connectivity index (χ4n) is 9.52. The SMILES string of the molecule is CC[C@@]1(O)C(=O)OCc2c1cc1n(c2=O)Cc2c-1nc1cc(F)c(OC)cc1c2CN1CCC([N+](C)(C)Cc2ccc(NC(=O)[C@H](C)NC(=O)CCC(C)(C)SSc3ccccc3)cc2)CC1. The van der Waals surface area contributed by atoms with Gasteiger partial charge in [0.2, 0.25) is 11.8 Å². The van der Waals surface area contributed by atoms with Gasteiger partial charge in [0.1, 0.15) is 19.2 Å². The van der Waals surface area contributed by atoms with Crippen LogP contribution >= 0.6 is 21.6 Å². The summed E-state index contributed by atoms with van der Waals surface area (Å²) in [6.45, 7) is 10.6. The van der Waals surface area contributed by atoms with Crippen LogP contribution < -0.4 is 20.9 Å². The predicted molar refractivity (Wildman–Crippen MR) is 261 cm³/mol. The zero-order valence-electron chi connectivity index (χ0n) is 39.2. The maximum atomic E-state index is 15.2. The van der Waals surface area contributed by atoms with Crippen LogP contribution in [0.4, 0.5) is 10.1 Å². The van der Waals surface area contributed by atoms with Gasteiger partial charge < -0.3 is 34.3 Å². The van der Waals surface area contributed by atoms with Crippen LogP contribution in [0.5, 0.6) is 5.75 Å². The third-order valence-electron chi connectivity index (χ3n) is 13.6. The van der Waals surface area contributed by atoms with Crippen molar-refractivity contribution in [3.63, 3.8) is 0 Å². The number of amides is 2. The number of halogens is 1. The zero-order valence-corrected chi connectivity index (χ0v) is 40.9. The monoisotopic (exact) mass is 951 g/mol. The molecule has 0 unspecified atom stereocenters. The van der Waals surface area contributed by atoms with E-state index in [1.165, 1.54) is 18.1 Å². The summed E-state index contributed by atoms with van der Waals surface area (Å²) >= 11 is 0. The summed E-state index contributed by atoms with van der Waals surface area (Å²) in [5.74, 6) is -1.66. The van der Waals surface area contributed by atoms with Crippen molar-refractivity contribution in [1.82, 2.24) is 19.8 Å². The predicted octanol–water partition coefficient (Wildman–Crippen LogP) is 7.91. The number of nitrogens with one attached hydrogen (secondary N) is 2. The number of pyridine rings is 2. The molecule has 5 aromatic rings. The van der Waals surface area contributed by atoms with E-state index in [-0.39, 0.29) is 58.6 Å². The molecule has 16 heteroatoms. The van der Waals surface area contributed by atoms with Gasteiger partial charge in [-0.3, -0.25) is 19.3 Å². The lowest BCUT2D eigenvalue weighted by atomic mass is 9.86. The molecule has 13 nitrogen and oxygen atoms in total. The summed E-state index contributed by atoms with van der Waals surface area (Å²) in [5, 5.41) is 18.0. The molecule has 3 aromatic carbocycles. The molecule has 3 aliphatic rings. The first-order valence-corrected chi connectivity index (χ1v) is 25.1. The van der Waals surface area contributed by atoms with Crippen molar-refractivity contribution in [2.75, 3.05) is 39.6 Å². The standard InChI is InChI=1S/C51H59FN6O7S2/c1-8-51(63)40-25-43-46-38(28-57(43)48(61)39(40)30-65-49(51)62)37(36-24-44(64-7)41(52)26-42(36)55-46)27-56-22-19-34(20-23-56)58(5,6)29-32-14-16-33(17-15-32)54-47(60)31(2)53-45(59)18-21-50(3,4)67-66-35-12-10-9-11-13-35/h9-17,24-26,31,34,63H,8,18-23,27-30H2,1-7H3,(H-,53,54,59,60)/p+1/t31-,51-/m0/s1. The molecule has 0 aliphatic carbocycles.